The Morgan fingerprint density at radius 2 is 2.31 bits per heavy atom. The molecule has 0 amide bonds. The molecular weight excluding hydrogens is 182 g/mol. The van der Waals surface area contributed by atoms with Crippen LogP contribution in [0.3, 0.4) is 0 Å². The van der Waals surface area contributed by atoms with Gasteiger partial charge in [-0.2, -0.15) is 0 Å². The minimum Gasteiger partial charge on any atom is -0.389 e. The Balaban J connectivity index is 2.39. The lowest BCUT2D eigenvalue weighted by molar-refractivity contribution is 0.0771. The predicted octanol–water partition coefficient (Wildman–Crippen LogP) is 2.17. The summed E-state index contributed by atoms with van der Waals surface area (Å²) < 4.78 is 0. The second-order valence-electron chi connectivity index (χ2n) is 3.93. The van der Waals surface area contributed by atoms with E-state index in [9.17, 15) is 5.11 Å². The van der Waals surface area contributed by atoms with Gasteiger partial charge < -0.3 is 10.4 Å². The molecule has 0 bridgehead atoms. The molecule has 1 heterocycles. The van der Waals surface area contributed by atoms with Gasteiger partial charge in [-0.15, -0.1) is 11.3 Å². The minimum absolute atomic E-state index is 0.325. The molecular formula is C10H17NOS. The van der Waals surface area contributed by atoms with Crippen LogP contribution in [0, 0.1) is 0 Å². The zero-order valence-corrected chi connectivity index (χ0v) is 9.19. The third-order valence-electron chi connectivity index (χ3n) is 1.81. The van der Waals surface area contributed by atoms with Crippen LogP contribution in [0.1, 0.15) is 31.7 Å². The van der Waals surface area contributed by atoms with Crippen LogP contribution in [-0.4, -0.2) is 17.3 Å². The first-order valence-corrected chi connectivity index (χ1v) is 5.36. The fraction of sp³-hybridized carbons (Fsp3) is 0.600. The van der Waals surface area contributed by atoms with Crippen molar-refractivity contribution in [2.45, 2.75) is 32.4 Å². The van der Waals surface area contributed by atoms with Crippen molar-refractivity contribution in [3.63, 3.8) is 0 Å². The number of nitrogens with one attached hydrogen (secondary N) is 1. The highest BCUT2D eigenvalue weighted by molar-refractivity contribution is 7.10. The lowest BCUT2D eigenvalue weighted by Crippen LogP contribution is -2.35. The summed E-state index contributed by atoms with van der Waals surface area (Å²) in [6.45, 7) is 6.34. The van der Waals surface area contributed by atoms with E-state index in [0.29, 0.717) is 12.6 Å². The molecule has 0 saturated carbocycles. The average molecular weight is 199 g/mol. The monoisotopic (exact) mass is 199 g/mol. The maximum Gasteiger partial charge on any atom is 0.0715 e. The number of thiophene rings is 1. The molecule has 1 atom stereocenters. The van der Waals surface area contributed by atoms with E-state index < -0.39 is 5.60 Å². The molecule has 1 aromatic heterocycles. The molecule has 1 rings (SSSR count). The molecule has 0 radical (unpaired) electrons. The van der Waals surface area contributed by atoms with Crippen molar-refractivity contribution in [3.8, 4) is 0 Å². The van der Waals surface area contributed by atoms with Gasteiger partial charge in [0, 0.05) is 17.5 Å². The Kier molecular flexibility index (Phi) is 3.47. The number of hydrogen-bond acceptors (Lipinski definition) is 3. The molecule has 0 saturated heterocycles. The maximum absolute atomic E-state index is 9.50. The summed E-state index contributed by atoms with van der Waals surface area (Å²) in [6.07, 6.45) is 0. The molecule has 0 aliphatic carbocycles. The molecule has 0 aromatic carbocycles. The zero-order valence-electron chi connectivity index (χ0n) is 8.37. The summed E-state index contributed by atoms with van der Waals surface area (Å²) in [6, 6.07) is 4.47. The molecule has 2 nitrogen and oxygen atoms in total. The standard InChI is InChI=1S/C10H17NOS/c1-8(9-5-4-6-13-9)11-7-10(2,3)12/h4-6,8,11-12H,7H2,1-3H3/t8-/m0/s1. The van der Waals surface area contributed by atoms with Gasteiger partial charge in [0.05, 0.1) is 5.60 Å². The van der Waals surface area contributed by atoms with Crippen molar-refractivity contribution < 1.29 is 5.11 Å². The third kappa shape index (κ3) is 3.89. The smallest absolute Gasteiger partial charge is 0.0715 e. The Morgan fingerprint density at radius 1 is 1.62 bits per heavy atom. The van der Waals surface area contributed by atoms with Crippen LogP contribution in [0.15, 0.2) is 17.5 Å². The topological polar surface area (TPSA) is 32.3 Å². The SMILES string of the molecule is C[C@H](NCC(C)(C)O)c1cccs1. The molecule has 0 fully saturated rings. The number of hydrogen-bond donors (Lipinski definition) is 2. The Morgan fingerprint density at radius 3 is 2.77 bits per heavy atom. The average Bonchev–Trinajstić information content (AvgIpc) is 2.50. The Labute approximate surface area is 83.6 Å². The van der Waals surface area contributed by atoms with Crippen LogP contribution < -0.4 is 5.32 Å². The lowest BCUT2D eigenvalue weighted by Gasteiger charge is -2.20. The first-order chi connectivity index (χ1) is 5.99. The largest absolute Gasteiger partial charge is 0.389 e. The van der Waals surface area contributed by atoms with Gasteiger partial charge in [-0.25, -0.2) is 0 Å². The van der Waals surface area contributed by atoms with Gasteiger partial charge in [0.15, 0.2) is 0 Å². The molecule has 2 N–H and O–H groups in total. The molecule has 0 aliphatic heterocycles. The third-order valence-corrected chi connectivity index (χ3v) is 2.87. The van der Waals surface area contributed by atoms with Crippen LogP contribution in [0.4, 0.5) is 0 Å². The molecule has 0 spiro atoms. The fourth-order valence-corrected chi connectivity index (χ4v) is 1.80. The van der Waals surface area contributed by atoms with Gasteiger partial charge in [-0.05, 0) is 32.2 Å². The molecule has 13 heavy (non-hydrogen) atoms. The number of aliphatic hydroxyl groups is 1. The van der Waals surface area contributed by atoms with E-state index in [-0.39, 0.29) is 0 Å². The van der Waals surface area contributed by atoms with Gasteiger partial charge in [-0.1, -0.05) is 6.07 Å². The molecule has 74 valence electrons. The Bertz CT molecular complexity index is 238. The van der Waals surface area contributed by atoms with Crippen LogP contribution in [0.25, 0.3) is 0 Å². The second kappa shape index (κ2) is 4.22. The molecule has 3 heteroatoms. The van der Waals surface area contributed by atoms with E-state index in [4.69, 9.17) is 0 Å². The van der Waals surface area contributed by atoms with E-state index in [0.717, 1.165) is 0 Å². The summed E-state index contributed by atoms with van der Waals surface area (Å²) in [4.78, 5) is 1.31. The predicted molar refractivity (Wildman–Crippen MR) is 57.0 cm³/mol. The molecule has 0 aliphatic rings. The maximum atomic E-state index is 9.50. The Hall–Kier alpha value is -0.380. The van der Waals surface area contributed by atoms with E-state index >= 15 is 0 Å². The minimum atomic E-state index is -0.633. The lowest BCUT2D eigenvalue weighted by atomic mass is 10.1. The zero-order chi connectivity index (χ0) is 9.90. The van der Waals surface area contributed by atoms with Gasteiger partial charge in [-0.3, -0.25) is 0 Å². The highest BCUT2D eigenvalue weighted by Gasteiger charge is 2.14. The van der Waals surface area contributed by atoms with Crippen LogP contribution in [0.5, 0.6) is 0 Å². The fourth-order valence-electron chi connectivity index (χ4n) is 1.04. The van der Waals surface area contributed by atoms with Crippen molar-refractivity contribution in [1.29, 1.82) is 0 Å². The summed E-state index contributed by atoms with van der Waals surface area (Å²) in [5.74, 6) is 0. The molecule has 0 unspecified atom stereocenters. The van der Waals surface area contributed by atoms with Crippen molar-refractivity contribution in [3.05, 3.63) is 22.4 Å². The molecule has 1 aromatic rings. The van der Waals surface area contributed by atoms with E-state index in [1.54, 1.807) is 25.2 Å². The van der Waals surface area contributed by atoms with E-state index in [1.165, 1.54) is 4.88 Å². The van der Waals surface area contributed by atoms with Crippen molar-refractivity contribution >= 4 is 11.3 Å². The van der Waals surface area contributed by atoms with Crippen LogP contribution >= 0.6 is 11.3 Å². The first kappa shape index (κ1) is 10.7. The summed E-state index contributed by atoms with van der Waals surface area (Å²) >= 11 is 1.74. The second-order valence-corrected chi connectivity index (χ2v) is 4.91. The normalized spacial score (nSPS) is 14.5. The highest BCUT2D eigenvalue weighted by atomic mass is 32.1. The van der Waals surface area contributed by atoms with Crippen molar-refractivity contribution in [2.75, 3.05) is 6.54 Å². The van der Waals surface area contributed by atoms with Crippen LogP contribution in [0.2, 0.25) is 0 Å². The van der Waals surface area contributed by atoms with Gasteiger partial charge in [0.2, 0.25) is 0 Å². The van der Waals surface area contributed by atoms with Gasteiger partial charge in [0.25, 0.3) is 0 Å². The van der Waals surface area contributed by atoms with Crippen molar-refractivity contribution in [1.82, 2.24) is 5.32 Å². The van der Waals surface area contributed by atoms with E-state index in [1.807, 2.05) is 6.07 Å². The van der Waals surface area contributed by atoms with E-state index in [2.05, 4.69) is 23.7 Å². The quantitative estimate of drug-likeness (QED) is 0.779. The van der Waals surface area contributed by atoms with Gasteiger partial charge >= 0.3 is 0 Å². The summed E-state index contributed by atoms with van der Waals surface area (Å²) in [5, 5.41) is 14.9. The number of rotatable bonds is 4. The van der Waals surface area contributed by atoms with Crippen LogP contribution in [-0.2, 0) is 0 Å². The van der Waals surface area contributed by atoms with Crippen molar-refractivity contribution in [2.24, 2.45) is 0 Å². The summed E-state index contributed by atoms with van der Waals surface area (Å²) in [5.41, 5.74) is -0.633. The summed E-state index contributed by atoms with van der Waals surface area (Å²) in [7, 11) is 0. The first-order valence-electron chi connectivity index (χ1n) is 4.48. The highest BCUT2D eigenvalue weighted by Crippen LogP contribution is 2.18. The van der Waals surface area contributed by atoms with Gasteiger partial charge in [0.1, 0.15) is 0 Å².